The summed E-state index contributed by atoms with van der Waals surface area (Å²) in [5, 5.41) is 9.21. The number of hydrogen-bond acceptors (Lipinski definition) is 3. The van der Waals surface area contributed by atoms with Crippen molar-refractivity contribution in [2.75, 3.05) is 26.2 Å². The van der Waals surface area contributed by atoms with Gasteiger partial charge in [-0.05, 0) is 38.9 Å². The highest BCUT2D eigenvalue weighted by Gasteiger charge is 2.18. The molecule has 0 saturated carbocycles. The Bertz CT molecular complexity index is 130. The lowest BCUT2D eigenvalue weighted by Crippen LogP contribution is -2.38. The van der Waals surface area contributed by atoms with Crippen molar-refractivity contribution in [1.29, 1.82) is 0 Å². The highest BCUT2D eigenvalue weighted by atomic mass is 16.3. The largest absolute Gasteiger partial charge is 0.395 e. The third-order valence-electron chi connectivity index (χ3n) is 2.86. The zero-order valence-electron chi connectivity index (χ0n) is 8.41. The number of aliphatic hydroxyl groups excluding tert-OH is 1. The molecule has 1 saturated heterocycles. The lowest BCUT2D eigenvalue weighted by Gasteiger charge is -2.28. The van der Waals surface area contributed by atoms with E-state index in [4.69, 9.17) is 5.73 Å². The van der Waals surface area contributed by atoms with Crippen molar-refractivity contribution in [3.05, 3.63) is 0 Å². The summed E-state index contributed by atoms with van der Waals surface area (Å²) in [6.07, 6.45) is 6.07. The Morgan fingerprint density at radius 2 is 2.15 bits per heavy atom. The zero-order valence-corrected chi connectivity index (χ0v) is 8.41. The SMILES string of the molecule is NCCCN1CCCCCC1CO. The van der Waals surface area contributed by atoms with Crippen molar-refractivity contribution >= 4 is 0 Å². The van der Waals surface area contributed by atoms with Crippen molar-refractivity contribution in [3.8, 4) is 0 Å². The second-order valence-electron chi connectivity index (χ2n) is 3.86. The quantitative estimate of drug-likeness (QED) is 0.675. The predicted molar refractivity (Wildman–Crippen MR) is 54.6 cm³/mol. The van der Waals surface area contributed by atoms with Crippen molar-refractivity contribution in [1.82, 2.24) is 4.90 Å². The van der Waals surface area contributed by atoms with Gasteiger partial charge in [0.15, 0.2) is 0 Å². The fourth-order valence-corrected chi connectivity index (χ4v) is 2.03. The minimum Gasteiger partial charge on any atom is -0.395 e. The molecule has 0 aromatic heterocycles. The number of nitrogens with zero attached hydrogens (tertiary/aromatic N) is 1. The van der Waals surface area contributed by atoms with Crippen LogP contribution in [0.5, 0.6) is 0 Å². The minimum absolute atomic E-state index is 0.310. The van der Waals surface area contributed by atoms with Gasteiger partial charge in [-0.2, -0.15) is 0 Å². The number of rotatable bonds is 4. The Labute approximate surface area is 80.9 Å². The van der Waals surface area contributed by atoms with Crippen LogP contribution in [0.25, 0.3) is 0 Å². The van der Waals surface area contributed by atoms with E-state index in [0.29, 0.717) is 12.6 Å². The van der Waals surface area contributed by atoms with Crippen molar-refractivity contribution in [2.45, 2.75) is 38.1 Å². The molecule has 1 atom stereocenters. The van der Waals surface area contributed by atoms with Crippen LogP contribution in [0.3, 0.4) is 0 Å². The molecule has 78 valence electrons. The number of nitrogens with two attached hydrogens (primary N) is 1. The van der Waals surface area contributed by atoms with Gasteiger partial charge in [-0.15, -0.1) is 0 Å². The molecule has 3 heteroatoms. The van der Waals surface area contributed by atoms with Gasteiger partial charge in [-0.3, -0.25) is 4.90 Å². The van der Waals surface area contributed by atoms with Crippen LogP contribution in [-0.2, 0) is 0 Å². The summed E-state index contributed by atoms with van der Waals surface area (Å²) in [6, 6.07) is 0.397. The van der Waals surface area contributed by atoms with E-state index in [2.05, 4.69) is 4.90 Å². The second kappa shape index (κ2) is 6.35. The molecule has 0 radical (unpaired) electrons. The first-order valence-corrected chi connectivity index (χ1v) is 5.43. The fourth-order valence-electron chi connectivity index (χ4n) is 2.03. The van der Waals surface area contributed by atoms with E-state index in [0.717, 1.165) is 32.5 Å². The highest BCUT2D eigenvalue weighted by Crippen LogP contribution is 2.16. The Balaban J connectivity index is 2.34. The Kier molecular flexibility index (Phi) is 5.35. The molecule has 1 unspecified atom stereocenters. The zero-order chi connectivity index (χ0) is 9.52. The Morgan fingerprint density at radius 1 is 1.31 bits per heavy atom. The third-order valence-corrected chi connectivity index (χ3v) is 2.86. The molecule has 1 aliphatic rings. The summed E-state index contributed by atoms with van der Waals surface area (Å²) in [5.41, 5.74) is 5.48. The minimum atomic E-state index is 0.310. The van der Waals surface area contributed by atoms with Crippen LogP contribution in [0.4, 0.5) is 0 Å². The molecule has 0 aromatic rings. The molecule has 1 heterocycles. The molecule has 0 amide bonds. The summed E-state index contributed by atoms with van der Waals surface area (Å²) in [5.74, 6) is 0. The molecule has 1 fully saturated rings. The standard InChI is InChI=1S/C10H22N2O/c11-6-4-8-12-7-3-1-2-5-10(12)9-13/h10,13H,1-9,11H2. The monoisotopic (exact) mass is 186 g/mol. The fraction of sp³-hybridized carbons (Fsp3) is 1.00. The molecule has 0 bridgehead atoms. The van der Waals surface area contributed by atoms with Crippen molar-refractivity contribution in [3.63, 3.8) is 0 Å². The molecule has 0 aliphatic carbocycles. The van der Waals surface area contributed by atoms with Gasteiger partial charge in [-0.25, -0.2) is 0 Å². The smallest absolute Gasteiger partial charge is 0.0586 e. The number of likely N-dealkylation sites (tertiary alicyclic amines) is 1. The molecule has 1 aliphatic heterocycles. The van der Waals surface area contributed by atoms with Crippen LogP contribution < -0.4 is 5.73 Å². The van der Waals surface area contributed by atoms with Gasteiger partial charge in [0.1, 0.15) is 0 Å². The highest BCUT2D eigenvalue weighted by molar-refractivity contribution is 4.74. The summed E-state index contributed by atoms with van der Waals surface area (Å²) in [4.78, 5) is 2.40. The molecule has 3 nitrogen and oxygen atoms in total. The molecular weight excluding hydrogens is 164 g/mol. The molecule has 3 N–H and O–H groups in total. The van der Waals surface area contributed by atoms with Crippen LogP contribution in [0.2, 0.25) is 0 Å². The van der Waals surface area contributed by atoms with Gasteiger partial charge in [0.05, 0.1) is 6.61 Å². The summed E-state index contributed by atoms with van der Waals surface area (Å²) < 4.78 is 0. The normalized spacial score (nSPS) is 25.8. The molecular formula is C10H22N2O. The average molecular weight is 186 g/mol. The van der Waals surface area contributed by atoms with Gasteiger partial charge >= 0.3 is 0 Å². The lowest BCUT2D eigenvalue weighted by atomic mass is 10.1. The first-order valence-electron chi connectivity index (χ1n) is 5.43. The third kappa shape index (κ3) is 3.63. The first-order chi connectivity index (χ1) is 6.38. The van der Waals surface area contributed by atoms with E-state index in [1.165, 1.54) is 19.3 Å². The summed E-state index contributed by atoms with van der Waals surface area (Å²) in [6.45, 7) is 3.27. The van der Waals surface area contributed by atoms with Gasteiger partial charge in [0.25, 0.3) is 0 Å². The van der Waals surface area contributed by atoms with Gasteiger partial charge in [0, 0.05) is 6.04 Å². The van der Waals surface area contributed by atoms with Crippen LogP contribution in [-0.4, -0.2) is 42.3 Å². The Morgan fingerprint density at radius 3 is 2.85 bits per heavy atom. The van der Waals surface area contributed by atoms with Gasteiger partial charge in [0.2, 0.25) is 0 Å². The van der Waals surface area contributed by atoms with Gasteiger partial charge in [-0.1, -0.05) is 12.8 Å². The summed E-state index contributed by atoms with van der Waals surface area (Å²) in [7, 11) is 0. The number of aliphatic hydroxyl groups is 1. The average Bonchev–Trinajstić information content (AvgIpc) is 2.39. The van der Waals surface area contributed by atoms with E-state index in [-0.39, 0.29) is 0 Å². The van der Waals surface area contributed by atoms with E-state index >= 15 is 0 Å². The van der Waals surface area contributed by atoms with E-state index in [1.54, 1.807) is 0 Å². The van der Waals surface area contributed by atoms with Crippen LogP contribution in [0.15, 0.2) is 0 Å². The second-order valence-corrected chi connectivity index (χ2v) is 3.86. The maximum absolute atomic E-state index is 9.21. The summed E-state index contributed by atoms with van der Waals surface area (Å²) >= 11 is 0. The van der Waals surface area contributed by atoms with E-state index in [9.17, 15) is 5.11 Å². The van der Waals surface area contributed by atoms with Crippen LogP contribution >= 0.6 is 0 Å². The van der Waals surface area contributed by atoms with E-state index < -0.39 is 0 Å². The molecule has 0 spiro atoms. The maximum atomic E-state index is 9.21. The predicted octanol–water partition coefficient (Wildman–Crippen LogP) is 0.572. The van der Waals surface area contributed by atoms with E-state index in [1.807, 2.05) is 0 Å². The van der Waals surface area contributed by atoms with Crippen molar-refractivity contribution in [2.24, 2.45) is 5.73 Å². The lowest BCUT2D eigenvalue weighted by molar-refractivity contribution is 0.124. The van der Waals surface area contributed by atoms with Crippen LogP contribution in [0, 0.1) is 0 Å². The topological polar surface area (TPSA) is 49.5 Å². The molecule has 1 rings (SSSR count). The van der Waals surface area contributed by atoms with Crippen molar-refractivity contribution < 1.29 is 5.11 Å². The van der Waals surface area contributed by atoms with Crippen LogP contribution in [0.1, 0.15) is 32.1 Å². The Hall–Kier alpha value is -0.120. The maximum Gasteiger partial charge on any atom is 0.0586 e. The first kappa shape index (κ1) is 11.0. The number of hydrogen-bond donors (Lipinski definition) is 2. The molecule has 0 aromatic carbocycles. The van der Waals surface area contributed by atoms with Gasteiger partial charge < -0.3 is 10.8 Å². The molecule has 13 heavy (non-hydrogen) atoms.